The molecule has 0 spiro atoms. The molecule has 3 heterocycles. The zero-order valence-electron chi connectivity index (χ0n) is 27.5. The SMILES string of the molecule is COC(=O)N[C@H](C(=O)Cc1ccccc1CC[C@@H]1CN[C@H](CCC(=O)c2cc3ncccn3n2)CO1)C(c1ccccc1)c1ccccc1. The number of hydrogen-bond acceptors (Lipinski definition) is 8. The lowest BCUT2D eigenvalue weighted by molar-refractivity contribution is -0.120. The van der Waals surface area contributed by atoms with Crippen molar-refractivity contribution < 1.29 is 23.9 Å². The Kier molecular flexibility index (Phi) is 11.2. The fraction of sp³-hybridized carbons (Fsp3) is 0.308. The Morgan fingerprint density at radius 1 is 0.939 bits per heavy atom. The Labute approximate surface area is 285 Å². The second kappa shape index (κ2) is 16.3. The van der Waals surface area contributed by atoms with Gasteiger partial charge in [0, 0.05) is 49.8 Å². The van der Waals surface area contributed by atoms with Crippen LogP contribution in [-0.4, -0.2) is 70.7 Å². The molecule has 3 atom stereocenters. The Morgan fingerprint density at radius 3 is 2.29 bits per heavy atom. The van der Waals surface area contributed by atoms with Crippen LogP contribution in [0.2, 0.25) is 0 Å². The topological polar surface area (TPSA) is 124 Å². The first-order valence-corrected chi connectivity index (χ1v) is 16.7. The lowest BCUT2D eigenvalue weighted by atomic mass is 9.81. The van der Waals surface area contributed by atoms with Crippen LogP contribution >= 0.6 is 0 Å². The maximum Gasteiger partial charge on any atom is 0.407 e. The molecule has 6 rings (SSSR count). The van der Waals surface area contributed by atoms with Crippen LogP contribution in [0.25, 0.3) is 5.65 Å². The molecule has 0 saturated carbocycles. The van der Waals surface area contributed by atoms with Gasteiger partial charge in [0.15, 0.2) is 17.2 Å². The van der Waals surface area contributed by atoms with Crippen molar-refractivity contribution in [1.82, 2.24) is 25.2 Å². The van der Waals surface area contributed by atoms with Crippen molar-refractivity contribution in [2.45, 2.75) is 56.2 Å². The van der Waals surface area contributed by atoms with Gasteiger partial charge < -0.3 is 20.1 Å². The van der Waals surface area contributed by atoms with Gasteiger partial charge in [0.05, 0.1) is 19.8 Å². The molecule has 1 aliphatic heterocycles. The molecule has 3 aromatic carbocycles. The minimum atomic E-state index is -0.843. The Hall–Kier alpha value is -5.19. The van der Waals surface area contributed by atoms with E-state index >= 15 is 0 Å². The molecule has 2 N–H and O–H groups in total. The molecule has 49 heavy (non-hydrogen) atoms. The van der Waals surface area contributed by atoms with Crippen LogP contribution in [0.3, 0.4) is 0 Å². The van der Waals surface area contributed by atoms with Gasteiger partial charge in [-0.1, -0.05) is 84.9 Å². The van der Waals surface area contributed by atoms with E-state index in [4.69, 9.17) is 9.47 Å². The molecule has 10 nitrogen and oxygen atoms in total. The van der Waals surface area contributed by atoms with Crippen LogP contribution in [0.5, 0.6) is 0 Å². The first-order chi connectivity index (χ1) is 24.0. The molecule has 0 unspecified atom stereocenters. The number of nitrogens with zero attached hydrogens (tertiary/aromatic N) is 3. The average molecular weight is 660 g/mol. The summed E-state index contributed by atoms with van der Waals surface area (Å²) in [6.07, 6.45) is 5.51. The highest BCUT2D eigenvalue weighted by Gasteiger charge is 2.33. The molecular formula is C39H41N5O5. The van der Waals surface area contributed by atoms with Gasteiger partial charge in [-0.05, 0) is 47.6 Å². The number of ether oxygens (including phenoxy) is 2. The Balaban J connectivity index is 1.06. The van der Waals surface area contributed by atoms with Crippen molar-refractivity contribution in [3.05, 3.63) is 137 Å². The number of hydrogen-bond donors (Lipinski definition) is 2. The summed E-state index contributed by atoms with van der Waals surface area (Å²) in [6.45, 7) is 1.20. The van der Waals surface area contributed by atoms with Crippen molar-refractivity contribution >= 4 is 23.3 Å². The molecule has 1 fully saturated rings. The lowest BCUT2D eigenvalue weighted by Crippen LogP contribution is -2.46. The smallest absolute Gasteiger partial charge is 0.407 e. The third kappa shape index (κ3) is 8.65. The van der Waals surface area contributed by atoms with E-state index in [1.54, 1.807) is 29.0 Å². The molecule has 5 aromatic rings. The number of benzene rings is 3. The van der Waals surface area contributed by atoms with Crippen molar-refractivity contribution in [2.75, 3.05) is 20.3 Å². The number of Topliss-reactive ketones (excluding diaryl/α,β-unsaturated/α-hetero) is 2. The summed E-state index contributed by atoms with van der Waals surface area (Å²) < 4.78 is 12.8. The van der Waals surface area contributed by atoms with Gasteiger partial charge in [-0.15, -0.1) is 0 Å². The molecule has 0 aliphatic carbocycles. The maximum atomic E-state index is 14.2. The number of morpholine rings is 1. The molecule has 0 bridgehead atoms. The first kappa shape index (κ1) is 33.7. The second-order valence-corrected chi connectivity index (χ2v) is 12.3. The van der Waals surface area contributed by atoms with Crippen LogP contribution in [-0.2, 0) is 27.1 Å². The summed E-state index contributed by atoms with van der Waals surface area (Å²) in [5.74, 6) is -0.519. The van der Waals surface area contributed by atoms with E-state index in [1.807, 2.05) is 78.9 Å². The number of alkyl carbamates (subject to hydrolysis) is 1. The van der Waals surface area contributed by atoms with E-state index < -0.39 is 18.1 Å². The second-order valence-electron chi connectivity index (χ2n) is 12.3. The molecule has 1 aliphatic rings. The summed E-state index contributed by atoms with van der Waals surface area (Å²) in [7, 11) is 1.30. The van der Waals surface area contributed by atoms with E-state index in [0.29, 0.717) is 37.3 Å². The van der Waals surface area contributed by atoms with Crippen molar-refractivity contribution in [1.29, 1.82) is 0 Å². The van der Waals surface area contributed by atoms with Gasteiger partial charge in [0.1, 0.15) is 11.7 Å². The molecule has 1 saturated heterocycles. The van der Waals surface area contributed by atoms with E-state index in [9.17, 15) is 14.4 Å². The standard InChI is InChI=1S/C39H41N5O5/c1-48-39(47)42-38(37(28-12-4-2-5-13-28)29-14-6-3-7-15-29)35(46)23-30-16-9-8-11-27(30)17-19-32-25-41-31(26-49-32)18-20-34(45)33-24-36-40-21-10-22-44(36)43-33/h2-16,21-22,24,31-32,37-38,41H,17-20,23,25-26H2,1H3,(H,42,47)/t31-,32-,38-/m1/s1. The van der Waals surface area contributed by atoms with Crippen molar-refractivity contribution in [2.24, 2.45) is 0 Å². The Bertz CT molecular complexity index is 1780. The summed E-state index contributed by atoms with van der Waals surface area (Å²) in [6, 6.07) is 30.2. The van der Waals surface area contributed by atoms with Crippen LogP contribution in [0, 0.1) is 0 Å². The number of carbonyl (C=O) groups excluding carboxylic acids is 3. The number of nitrogens with one attached hydrogen (secondary N) is 2. The number of aromatic nitrogens is 3. The molecular weight excluding hydrogens is 618 g/mol. The number of methoxy groups -OCH3 is 1. The molecule has 252 valence electrons. The number of rotatable bonds is 14. The number of ketones is 2. The molecule has 10 heteroatoms. The Morgan fingerprint density at radius 2 is 1.63 bits per heavy atom. The van der Waals surface area contributed by atoms with Gasteiger partial charge in [-0.2, -0.15) is 5.10 Å². The lowest BCUT2D eigenvalue weighted by Gasteiger charge is -2.30. The number of carbonyl (C=O) groups is 3. The van der Waals surface area contributed by atoms with Gasteiger partial charge in [-0.25, -0.2) is 14.3 Å². The minimum Gasteiger partial charge on any atom is -0.453 e. The highest BCUT2D eigenvalue weighted by molar-refractivity contribution is 5.95. The van der Waals surface area contributed by atoms with Crippen molar-refractivity contribution in [3.63, 3.8) is 0 Å². The van der Waals surface area contributed by atoms with Gasteiger partial charge >= 0.3 is 6.09 Å². The van der Waals surface area contributed by atoms with Crippen molar-refractivity contribution in [3.8, 4) is 0 Å². The zero-order valence-corrected chi connectivity index (χ0v) is 27.5. The van der Waals surface area contributed by atoms with Crippen LogP contribution in [0.1, 0.15) is 57.9 Å². The summed E-state index contributed by atoms with van der Waals surface area (Å²) in [5.41, 5.74) is 4.92. The van der Waals surface area contributed by atoms with E-state index in [-0.39, 0.29) is 30.1 Å². The van der Waals surface area contributed by atoms with E-state index in [1.165, 1.54) is 7.11 Å². The van der Waals surface area contributed by atoms with Gasteiger partial charge in [-0.3, -0.25) is 9.59 Å². The summed E-state index contributed by atoms with van der Waals surface area (Å²) >= 11 is 0. The summed E-state index contributed by atoms with van der Waals surface area (Å²) in [4.78, 5) is 43.7. The first-order valence-electron chi connectivity index (χ1n) is 16.7. The third-order valence-corrected chi connectivity index (χ3v) is 9.08. The van der Waals surface area contributed by atoms with Crippen LogP contribution in [0.15, 0.2) is 109 Å². The minimum absolute atomic E-state index is 0.00880. The predicted molar refractivity (Wildman–Crippen MR) is 186 cm³/mol. The molecule has 1 amide bonds. The average Bonchev–Trinajstić information content (AvgIpc) is 3.59. The molecule has 2 aromatic heterocycles. The normalized spacial score (nSPS) is 16.7. The highest BCUT2D eigenvalue weighted by atomic mass is 16.5. The third-order valence-electron chi connectivity index (χ3n) is 9.08. The van der Waals surface area contributed by atoms with Crippen LogP contribution < -0.4 is 10.6 Å². The number of fused-ring (bicyclic) bond motifs is 1. The quantitative estimate of drug-likeness (QED) is 0.153. The number of aryl methyl sites for hydroxylation is 1. The maximum absolute atomic E-state index is 14.2. The summed E-state index contributed by atoms with van der Waals surface area (Å²) in [5, 5.41) is 10.7. The van der Waals surface area contributed by atoms with E-state index in [0.717, 1.165) is 35.1 Å². The van der Waals surface area contributed by atoms with Gasteiger partial charge in [0.2, 0.25) is 0 Å². The highest BCUT2D eigenvalue weighted by Crippen LogP contribution is 2.30. The largest absolute Gasteiger partial charge is 0.453 e. The monoisotopic (exact) mass is 659 g/mol. The van der Waals surface area contributed by atoms with E-state index in [2.05, 4.69) is 26.8 Å². The van der Waals surface area contributed by atoms with Gasteiger partial charge in [0.25, 0.3) is 0 Å². The fourth-order valence-electron chi connectivity index (χ4n) is 6.46. The molecule has 0 radical (unpaired) electrons. The zero-order chi connectivity index (χ0) is 34.0. The van der Waals surface area contributed by atoms with Crippen LogP contribution in [0.4, 0.5) is 4.79 Å². The number of amides is 1. The predicted octanol–water partition coefficient (Wildman–Crippen LogP) is 5.35. The fourth-order valence-corrected chi connectivity index (χ4v) is 6.46.